The monoisotopic (exact) mass is 332 g/mol. The summed E-state index contributed by atoms with van der Waals surface area (Å²) in [5.74, 6) is -0.793. The first-order valence-corrected chi connectivity index (χ1v) is 8.54. The van der Waals surface area contributed by atoms with Gasteiger partial charge in [0.25, 0.3) is 0 Å². The maximum absolute atomic E-state index is 11.3. The van der Waals surface area contributed by atoms with Crippen LogP contribution in [0.2, 0.25) is 0 Å². The van der Waals surface area contributed by atoms with Gasteiger partial charge < -0.3 is 7.96 Å². The minimum absolute atomic E-state index is 0. The van der Waals surface area contributed by atoms with Gasteiger partial charge in [-0.2, -0.15) is 0 Å². The molecule has 1 aromatic carbocycles. The summed E-state index contributed by atoms with van der Waals surface area (Å²) in [5, 5.41) is 9.31. The molecule has 3 heteroatoms. The maximum Gasteiger partial charge on any atom is 2.00 e. The van der Waals surface area contributed by atoms with E-state index in [0.717, 1.165) is 24.8 Å². The molecule has 0 radical (unpaired) electrons. The molecule has 1 rings (SSSR count). The first-order chi connectivity index (χ1) is 10.2. The average molecular weight is 333 g/mol. The summed E-state index contributed by atoms with van der Waals surface area (Å²) in [5.41, 5.74) is 2.80. The van der Waals surface area contributed by atoms with E-state index in [-0.39, 0.29) is 40.6 Å². The van der Waals surface area contributed by atoms with Crippen LogP contribution in [0.3, 0.4) is 0 Å². The standard InChI is InChI=1S/C19H30O2.Ca.2H/c1-3-5-7-9-11-16-13-14-18(19(20)21)17(15-16)12-10-8-6-4-2;;;/h13-15H,3-12H2,1-2H3,(H,20,21);;;/q;+2;2*-1. The molecule has 0 saturated carbocycles. The molecule has 0 aromatic heterocycles. The average Bonchev–Trinajstić information content (AvgIpc) is 2.48. The molecule has 0 aliphatic carbocycles. The molecule has 2 nitrogen and oxygen atoms in total. The Bertz CT molecular complexity index is 439. The molecular formula is C19H32CaO2. The molecule has 0 spiro atoms. The Morgan fingerprint density at radius 1 is 0.955 bits per heavy atom. The van der Waals surface area contributed by atoms with Crippen LogP contribution < -0.4 is 0 Å². The van der Waals surface area contributed by atoms with E-state index in [2.05, 4.69) is 19.9 Å². The second kappa shape index (κ2) is 13.4. The molecule has 0 saturated heterocycles. The summed E-state index contributed by atoms with van der Waals surface area (Å²) in [6, 6.07) is 5.92. The van der Waals surface area contributed by atoms with Crippen molar-refractivity contribution in [2.75, 3.05) is 0 Å². The largest absolute Gasteiger partial charge is 2.00 e. The van der Waals surface area contributed by atoms with Crippen LogP contribution in [-0.4, -0.2) is 48.8 Å². The number of carboxylic acids is 1. The number of benzene rings is 1. The second-order valence-electron chi connectivity index (χ2n) is 5.92. The third-order valence-electron chi connectivity index (χ3n) is 4.02. The van der Waals surface area contributed by atoms with Crippen LogP contribution in [0.5, 0.6) is 0 Å². The molecule has 0 unspecified atom stereocenters. The van der Waals surface area contributed by atoms with Gasteiger partial charge in [0.05, 0.1) is 5.56 Å². The van der Waals surface area contributed by atoms with Crippen molar-refractivity contribution >= 4 is 43.7 Å². The number of hydrogen-bond acceptors (Lipinski definition) is 1. The Balaban J connectivity index is -0.00000147. The van der Waals surface area contributed by atoms with Gasteiger partial charge in [-0.25, -0.2) is 4.79 Å². The van der Waals surface area contributed by atoms with Crippen molar-refractivity contribution in [1.82, 2.24) is 0 Å². The Morgan fingerprint density at radius 2 is 1.55 bits per heavy atom. The minimum Gasteiger partial charge on any atom is -1.00 e. The predicted octanol–water partition coefficient (Wildman–Crippen LogP) is 5.47. The Kier molecular flexibility index (Phi) is 13.4. The molecule has 0 heterocycles. The summed E-state index contributed by atoms with van der Waals surface area (Å²) in [7, 11) is 0. The van der Waals surface area contributed by atoms with Gasteiger partial charge in [0.2, 0.25) is 0 Å². The van der Waals surface area contributed by atoms with Crippen molar-refractivity contribution in [3.63, 3.8) is 0 Å². The summed E-state index contributed by atoms with van der Waals surface area (Å²) in [6.45, 7) is 4.41. The zero-order chi connectivity index (χ0) is 15.5. The van der Waals surface area contributed by atoms with Gasteiger partial charge >= 0.3 is 43.7 Å². The van der Waals surface area contributed by atoms with E-state index in [1.807, 2.05) is 6.07 Å². The van der Waals surface area contributed by atoms with Crippen LogP contribution in [0.15, 0.2) is 18.2 Å². The quantitative estimate of drug-likeness (QED) is 0.430. The first-order valence-electron chi connectivity index (χ1n) is 8.54. The zero-order valence-electron chi connectivity index (χ0n) is 16.4. The molecule has 22 heavy (non-hydrogen) atoms. The Morgan fingerprint density at radius 3 is 2.09 bits per heavy atom. The first kappa shape index (κ1) is 21.9. The SMILES string of the molecule is CCCCCCc1ccc(C(=O)O)c(CCCCCC)c1.[Ca+2].[H-].[H-]. The molecule has 0 aliphatic rings. The molecule has 0 amide bonds. The molecule has 1 aromatic rings. The molecule has 122 valence electrons. The van der Waals surface area contributed by atoms with Crippen LogP contribution >= 0.6 is 0 Å². The topological polar surface area (TPSA) is 37.3 Å². The van der Waals surface area contributed by atoms with Crippen molar-refractivity contribution in [1.29, 1.82) is 0 Å². The van der Waals surface area contributed by atoms with E-state index in [0.29, 0.717) is 5.56 Å². The molecule has 0 atom stereocenters. The van der Waals surface area contributed by atoms with E-state index in [4.69, 9.17) is 0 Å². The van der Waals surface area contributed by atoms with E-state index in [1.54, 1.807) is 6.07 Å². The van der Waals surface area contributed by atoms with Gasteiger partial charge in [0.1, 0.15) is 0 Å². The van der Waals surface area contributed by atoms with Gasteiger partial charge in [-0.05, 0) is 42.9 Å². The second-order valence-corrected chi connectivity index (χ2v) is 5.92. The van der Waals surface area contributed by atoms with Crippen LogP contribution in [-0.2, 0) is 12.8 Å². The number of unbranched alkanes of at least 4 members (excludes halogenated alkanes) is 6. The van der Waals surface area contributed by atoms with Gasteiger partial charge in [-0.15, -0.1) is 0 Å². The maximum atomic E-state index is 11.3. The van der Waals surface area contributed by atoms with E-state index in [9.17, 15) is 9.90 Å². The number of carbonyl (C=O) groups is 1. The van der Waals surface area contributed by atoms with Crippen molar-refractivity contribution in [3.8, 4) is 0 Å². The van der Waals surface area contributed by atoms with Gasteiger partial charge in [0, 0.05) is 0 Å². The van der Waals surface area contributed by atoms with Crippen molar-refractivity contribution in [2.24, 2.45) is 0 Å². The molecule has 1 N–H and O–H groups in total. The summed E-state index contributed by atoms with van der Waals surface area (Å²) in [6.07, 6.45) is 11.7. The summed E-state index contributed by atoms with van der Waals surface area (Å²) >= 11 is 0. The normalized spacial score (nSPS) is 10.3. The van der Waals surface area contributed by atoms with Crippen molar-refractivity contribution in [2.45, 2.75) is 78.1 Å². The van der Waals surface area contributed by atoms with Crippen LogP contribution in [0.1, 0.15) is 89.6 Å². The molecule has 0 bridgehead atoms. The van der Waals surface area contributed by atoms with Gasteiger partial charge in [-0.3, -0.25) is 0 Å². The number of aromatic carboxylic acids is 1. The number of carboxylic acid groups (broad SMARTS) is 1. The van der Waals surface area contributed by atoms with Gasteiger partial charge in [0.15, 0.2) is 0 Å². The molecule has 0 aliphatic heterocycles. The van der Waals surface area contributed by atoms with Crippen molar-refractivity contribution in [3.05, 3.63) is 34.9 Å². The van der Waals surface area contributed by atoms with E-state index < -0.39 is 5.97 Å². The predicted molar refractivity (Wildman–Crippen MR) is 97.1 cm³/mol. The number of aryl methyl sites for hydroxylation is 2. The molecular weight excluding hydrogens is 300 g/mol. The fourth-order valence-corrected chi connectivity index (χ4v) is 2.72. The fraction of sp³-hybridized carbons (Fsp3) is 0.632. The van der Waals surface area contributed by atoms with Crippen LogP contribution in [0.4, 0.5) is 0 Å². The number of hydrogen-bond donors (Lipinski definition) is 1. The summed E-state index contributed by atoms with van der Waals surface area (Å²) in [4.78, 5) is 11.3. The third kappa shape index (κ3) is 8.55. The number of rotatable bonds is 11. The minimum atomic E-state index is -0.793. The van der Waals surface area contributed by atoms with Crippen LogP contribution in [0, 0.1) is 0 Å². The Hall–Kier alpha value is -0.0503. The smallest absolute Gasteiger partial charge is 1.00 e. The van der Waals surface area contributed by atoms with Crippen LogP contribution in [0.25, 0.3) is 0 Å². The van der Waals surface area contributed by atoms with Crippen molar-refractivity contribution < 1.29 is 12.8 Å². The summed E-state index contributed by atoms with van der Waals surface area (Å²) < 4.78 is 0. The fourth-order valence-electron chi connectivity index (χ4n) is 2.72. The zero-order valence-corrected chi connectivity index (χ0v) is 16.6. The van der Waals surface area contributed by atoms with Gasteiger partial charge in [-0.1, -0.05) is 64.5 Å². The molecule has 0 fully saturated rings. The third-order valence-corrected chi connectivity index (χ3v) is 4.02. The van der Waals surface area contributed by atoms with E-state index in [1.165, 1.54) is 50.5 Å². The van der Waals surface area contributed by atoms with E-state index >= 15 is 0 Å². The Labute approximate surface area is 168 Å².